The molecule has 10 nitrogen and oxygen atoms in total. The molecule has 4 rings (SSSR count). The summed E-state index contributed by atoms with van der Waals surface area (Å²) in [6, 6.07) is 0. The van der Waals surface area contributed by atoms with Gasteiger partial charge >= 0.3 is 5.69 Å². The van der Waals surface area contributed by atoms with Gasteiger partial charge in [0.25, 0.3) is 5.56 Å². The van der Waals surface area contributed by atoms with Gasteiger partial charge in [0.2, 0.25) is 5.91 Å². The van der Waals surface area contributed by atoms with E-state index < -0.39 is 11.2 Å². The third-order valence-electron chi connectivity index (χ3n) is 5.52. The molecule has 0 saturated carbocycles. The first-order chi connectivity index (χ1) is 14.3. The Morgan fingerprint density at radius 3 is 2.67 bits per heavy atom. The number of rotatable bonds is 4. The number of thiazole rings is 1. The highest BCUT2D eigenvalue weighted by Gasteiger charge is 2.22. The first kappa shape index (κ1) is 20.5. The molecule has 0 atom stereocenters. The van der Waals surface area contributed by atoms with Crippen LogP contribution in [0.5, 0.6) is 0 Å². The monoisotopic (exact) mass is 431 g/mol. The van der Waals surface area contributed by atoms with Gasteiger partial charge in [-0.2, -0.15) is 0 Å². The maximum atomic E-state index is 12.9. The Morgan fingerprint density at radius 2 is 1.93 bits per heavy atom. The fourth-order valence-electron chi connectivity index (χ4n) is 3.85. The minimum atomic E-state index is -0.445. The van der Waals surface area contributed by atoms with E-state index in [0.29, 0.717) is 13.1 Å². The topological polar surface area (TPSA) is 98.3 Å². The number of imidazole rings is 1. The maximum Gasteiger partial charge on any atom is 0.332 e. The van der Waals surface area contributed by atoms with E-state index in [1.54, 1.807) is 23.0 Å². The number of carbonyl (C=O) groups excluding carboxylic acids is 1. The molecule has 1 saturated heterocycles. The van der Waals surface area contributed by atoms with Crippen LogP contribution in [0.3, 0.4) is 0 Å². The van der Waals surface area contributed by atoms with Gasteiger partial charge < -0.3 is 9.47 Å². The van der Waals surface area contributed by atoms with Gasteiger partial charge in [0.1, 0.15) is 6.54 Å². The number of aromatic nitrogens is 5. The molecule has 11 heteroatoms. The second-order valence-corrected chi connectivity index (χ2v) is 8.68. The highest BCUT2D eigenvalue weighted by atomic mass is 32.1. The summed E-state index contributed by atoms with van der Waals surface area (Å²) in [6.45, 7) is 5.82. The molecule has 3 aromatic rings. The zero-order valence-electron chi connectivity index (χ0n) is 17.4. The zero-order valence-corrected chi connectivity index (χ0v) is 18.2. The van der Waals surface area contributed by atoms with Crippen molar-refractivity contribution in [2.24, 2.45) is 14.1 Å². The summed E-state index contributed by atoms with van der Waals surface area (Å²) in [5, 5.41) is 3.15. The van der Waals surface area contributed by atoms with Gasteiger partial charge in [-0.05, 0) is 13.3 Å². The van der Waals surface area contributed by atoms with Crippen molar-refractivity contribution in [2.45, 2.75) is 26.4 Å². The lowest BCUT2D eigenvalue weighted by atomic mass is 10.3. The smallest absolute Gasteiger partial charge is 0.332 e. The molecule has 0 radical (unpaired) electrons. The lowest BCUT2D eigenvalue weighted by molar-refractivity contribution is -0.131. The summed E-state index contributed by atoms with van der Waals surface area (Å²) in [7, 11) is 2.99. The molecule has 0 unspecified atom stereocenters. The van der Waals surface area contributed by atoms with E-state index in [1.807, 2.05) is 11.8 Å². The maximum absolute atomic E-state index is 12.9. The molecule has 1 aliphatic rings. The number of aryl methyl sites for hydroxylation is 2. The van der Waals surface area contributed by atoms with Gasteiger partial charge in [0, 0.05) is 52.2 Å². The third-order valence-corrected chi connectivity index (χ3v) is 6.34. The summed E-state index contributed by atoms with van der Waals surface area (Å²) in [6.07, 6.45) is 2.34. The minimum Gasteiger partial charge on any atom is -0.340 e. The standard InChI is InChI=1S/C19H25N7O3S/c1-13-21-14(11-30-13)9-24-5-4-6-25(8-7-24)15(27)10-26-12-20-17-16(26)18(28)23(3)19(29)22(17)2/h11-12H,4-10H2,1-3H3. The van der Waals surface area contributed by atoms with Crippen LogP contribution in [0.25, 0.3) is 11.2 Å². The van der Waals surface area contributed by atoms with Crippen molar-refractivity contribution in [3.05, 3.63) is 43.2 Å². The van der Waals surface area contributed by atoms with Crippen molar-refractivity contribution >= 4 is 28.4 Å². The number of fused-ring (bicyclic) bond motifs is 1. The molecule has 0 aliphatic carbocycles. The molecule has 3 aromatic heterocycles. The molecule has 1 amide bonds. The van der Waals surface area contributed by atoms with Crippen LogP contribution in [-0.4, -0.2) is 65.6 Å². The van der Waals surface area contributed by atoms with E-state index in [4.69, 9.17) is 0 Å². The van der Waals surface area contributed by atoms with Gasteiger partial charge in [0.05, 0.1) is 17.0 Å². The van der Waals surface area contributed by atoms with E-state index in [-0.39, 0.29) is 23.6 Å². The normalized spacial score (nSPS) is 15.6. The second-order valence-electron chi connectivity index (χ2n) is 7.62. The summed E-state index contributed by atoms with van der Waals surface area (Å²) < 4.78 is 3.90. The first-order valence-electron chi connectivity index (χ1n) is 9.87. The van der Waals surface area contributed by atoms with Crippen LogP contribution in [0.15, 0.2) is 21.3 Å². The van der Waals surface area contributed by atoms with Gasteiger partial charge in [0.15, 0.2) is 11.2 Å². The lowest BCUT2D eigenvalue weighted by Crippen LogP contribution is -2.39. The van der Waals surface area contributed by atoms with Crippen LogP contribution in [0.1, 0.15) is 17.1 Å². The van der Waals surface area contributed by atoms with E-state index in [2.05, 4.69) is 20.2 Å². The summed E-state index contributed by atoms with van der Waals surface area (Å²) >= 11 is 1.65. The number of hydrogen-bond donors (Lipinski definition) is 0. The summed E-state index contributed by atoms with van der Waals surface area (Å²) in [4.78, 5) is 50.5. The van der Waals surface area contributed by atoms with E-state index in [9.17, 15) is 14.4 Å². The summed E-state index contributed by atoms with van der Waals surface area (Å²) in [5.41, 5.74) is 0.745. The lowest BCUT2D eigenvalue weighted by Gasteiger charge is -2.22. The Morgan fingerprint density at radius 1 is 1.13 bits per heavy atom. The van der Waals surface area contributed by atoms with Crippen LogP contribution in [0, 0.1) is 6.92 Å². The average molecular weight is 432 g/mol. The highest BCUT2D eigenvalue weighted by Crippen LogP contribution is 2.13. The molecular formula is C19H25N7O3S. The largest absolute Gasteiger partial charge is 0.340 e. The Labute approximate surface area is 177 Å². The van der Waals surface area contributed by atoms with Gasteiger partial charge in [-0.25, -0.2) is 14.8 Å². The molecule has 160 valence electrons. The number of amides is 1. The van der Waals surface area contributed by atoms with Crippen LogP contribution >= 0.6 is 11.3 Å². The zero-order chi connectivity index (χ0) is 21.4. The minimum absolute atomic E-state index is 0.0230. The predicted molar refractivity (Wildman–Crippen MR) is 114 cm³/mol. The number of carbonyl (C=O) groups is 1. The fourth-order valence-corrected chi connectivity index (χ4v) is 4.45. The Kier molecular flexibility index (Phi) is 5.56. The Hall–Kier alpha value is -2.79. The third kappa shape index (κ3) is 3.82. The number of nitrogens with zero attached hydrogens (tertiary/aromatic N) is 7. The van der Waals surface area contributed by atoms with Crippen LogP contribution in [0.2, 0.25) is 0 Å². The van der Waals surface area contributed by atoms with Crippen molar-refractivity contribution in [1.29, 1.82) is 0 Å². The first-order valence-corrected chi connectivity index (χ1v) is 10.7. The molecule has 0 aromatic carbocycles. The molecule has 30 heavy (non-hydrogen) atoms. The van der Waals surface area contributed by atoms with Gasteiger partial charge in [-0.3, -0.25) is 23.6 Å². The van der Waals surface area contributed by atoms with E-state index in [1.165, 1.54) is 17.9 Å². The van der Waals surface area contributed by atoms with Crippen molar-refractivity contribution < 1.29 is 4.79 Å². The van der Waals surface area contributed by atoms with Gasteiger partial charge in [-0.1, -0.05) is 0 Å². The predicted octanol–water partition coefficient (Wildman–Crippen LogP) is -0.0669. The van der Waals surface area contributed by atoms with Crippen LogP contribution in [-0.2, 0) is 32.0 Å². The van der Waals surface area contributed by atoms with E-state index in [0.717, 1.165) is 41.3 Å². The van der Waals surface area contributed by atoms with Crippen molar-refractivity contribution in [3.63, 3.8) is 0 Å². The highest BCUT2D eigenvalue weighted by molar-refractivity contribution is 7.09. The SMILES string of the molecule is Cc1nc(CN2CCCN(C(=O)Cn3cnc4c3c(=O)n(C)c(=O)n4C)CC2)cs1. The Balaban J connectivity index is 1.47. The molecule has 1 aliphatic heterocycles. The molecule has 1 fully saturated rings. The molecular weight excluding hydrogens is 406 g/mol. The van der Waals surface area contributed by atoms with Crippen LogP contribution < -0.4 is 11.2 Å². The fraction of sp³-hybridized carbons (Fsp3) is 0.526. The molecule has 0 spiro atoms. The number of hydrogen-bond acceptors (Lipinski definition) is 7. The van der Waals surface area contributed by atoms with Gasteiger partial charge in [-0.15, -0.1) is 11.3 Å². The summed E-state index contributed by atoms with van der Waals surface area (Å²) in [5.74, 6) is -0.0587. The second kappa shape index (κ2) is 8.15. The Bertz CT molecular complexity index is 1210. The van der Waals surface area contributed by atoms with E-state index >= 15 is 0 Å². The van der Waals surface area contributed by atoms with Crippen molar-refractivity contribution in [3.8, 4) is 0 Å². The van der Waals surface area contributed by atoms with Crippen LogP contribution in [0.4, 0.5) is 0 Å². The molecule has 4 heterocycles. The average Bonchev–Trinajstić information content (AvgIpc) is 3.24. The molecule has 0 N–H and O–H groups in total. The quantitative estimate of drug-likeness (QED) is 0.574. The van der Waals surface area contributed by atoms with Crippen molar-refractivity contribution in [2.75, 3.05) is 26.2 Å². The van der Waals surface area contributed by atoms with Crippen molar-refractivity contribution in [1.82, 2.24) is 33.5 Å². The molecule has 0 bridgehead atoms.